The lowest BCUT2D eigenvalue weighted by atomic mass is 10.1. The highest BCUT2D eigenvalue weighted by Gasteiger charge is 2.52. The minimum absolute atomic E-state index is 0.0329. The zero-order chi connectivity index (χ0) is 16.6. The Morgan fingerprint density at radius 2 is 2.26 bits per heavy atom. The SMILES string of the molecule is C[C@@]12CCC(=O)N1[C@@H](C(=O)NCc1cccc(C(=O)O)c1)CS2. The molecule has 7 heteroatoms. The molecule has 1 aromatic rings. The predicted octanol–water partition coefficient (Wildman–Crippen LogP) is 1.45. The van der Waals surface area contributed by atoms with Crippen LogP contribution in [0, 0.1) is 0 Å². The third-order valence-electron chi connectivity index (χ3n) is 4.39. The Morgan fingerprint density at radius 1 is 1.48 bits per heavy atom. The summed E-state index contributed by atoms with van der Waals surface area (Å²) in [6, 6.07) is 6.02. The molecule has 23 heavy (non-hydrogen) atoms. The van der Waals surface area contributed by atoms with Crippen molar-refractivity contribution in [3.63, 3.8) is 0 Å². The third kappa shape index (κ3) is 2.93. The summed E-state index contributed by atoms with van der Waals surface area (Å²) >= 11 is 1.65. The van der Waals surface area contributed by atoms with Gasteiger partial charge in [0.05, 0.1) is 10.4 Å². The van der Waals surface area contributed by atoms with Crippen LogP contribution in [0.15, 0.2) is 24.3 Å². The van der Waals surface area contributed by atoms with Crippen molar-refractivity contribution >= 4 is 29.5 Å². The van der Waals surface area contributed by atoms with Gasteiger partial charge in [-0.25, -0.2) is 4.79 Å². The fourth-order valence-corrected chi connectivity index (χ4v) is 4.57. The number of hydrogen-bond donors (Lipinski definition) is 2. The first-order valence-corrected chi connectivity index (χ1v) is 8.45. The van der Waals surface area contributed by atoms with Crippen molar-refractivity contribution in [2.45, 2.75) is 37.2 Å². The van der Waals surface area contributed by atoms with E-state index in [9.17, 15) is 14.4 Å². The van der Waals surface area contributed by atoms with Crippen molar-refractivity contribution < 1.29 is 19.5 Å². The van der Waals surface area contributed by atoms with Gasteiger partial charge in [-0.15, -0.1) is 11.8 Å². The first-order valence-electron chi connectivity index (χ1n) is 7.47. The van der Waals surface area contributed by atoms with Crippen molar-refractivity contribution in [2.24, 2.45) is 0 Å². The number of nitrogens with one attached hydrogen (secondary N) is 1. The largest absolute Gasteiger partial charge is 0.478 e. The van der Waals surface area contributed by atoms with Crippen molar-refractivity contribution in [1.29, 1.82) is 0 Å². The highest BCUT2D eigenvalue weighted by Crippen LogP contribution is 2.47. The quantitative estimate of drug-likeness (QED) is 0.870. The van der Waals surface area contributed by atoms with Crippen LogP contribution in [-0.2, 0) is 16.1 Å². The molecule has 0 aliphatic carbocycles. The van der Waals surface area contributed by atoms with Gasteiger partial charge in [-0.2, -0.15) is 0 Å². The van der Waals surface area contributed by atoms with Gasteiger partial charge in [0.2, 0.25) is 11.8 Å². The number of hydrogen-bond acceptors (Lipinski definition) is 4. The van der Waals surface area contributed by atoms with E-state index in [0.717, 1.165) is 12.0 Å². The number of rotatable bonds is 4. The monoisotopic (exact) mass is 334 g/mol. The molecule has 2 aliphatic heterocycles. The molecule has 2 heterocycles. The fourth-order valence-electron chi connectivity index (χ4n) is 3.14. The number of carbonyl (C=O) groups excluding carboxylic acids is 2. The number of carboxylic acids is 1. The highest BCUT2D eigenvalue weighted by atomic mass is 32.2. The topological polar surface area (TPSA) is 86.7 Å². The molecule has 0 saturated carbocycles. The van der Waals surface area contributed by atoms with E-state index in [2.05, 4.69) is 5.32 Å². The Labute approximate surface area is 138 Å². The van der Waals surface area contributed by atoms with Crippen molar-refractivity contribution in [2.75, 3.05) is 5.75 Å². The minimum Gasteiger partial charge on any atom is -0.478 e. The van der Waals surface area contributed by atoms with Crippen LogP contribution < -0.4 is 5.32 Å². The number of carboxylic acid groups (broad SMARTS) is 1. The molecule has 2 saturated heterocycles. The summed E-state index contributed by atoms with van der Waals surface area (Å²) in [5, 5.41) is 11.8. The first-order chi connectivity index (χ1) is 10.9. The molecule has 6 nitrogen and oxygen atoms in total. The van der Waals surface area contributed by atoms with Crippen LogP contribution in [0.2, 0.25) is 0 Å². The number of amides is 2. The molecule has 2 N–H and O–H groups in total. The summed E-state index contributed by atoms with van der Waals surface area (Å²) in [5.41, 5.74) is 0.912. The van der Waals surface area contributed by atoms with Crippen LogP contribution in [0.4, 0.5) is 0 Å². The van der Waals surface area contributed by atoms with E-state index in [1.807, 2.05) is 6.92 Å². The summed E-state index contributed by atoms with van der Waals surface area (Å²) in [4.78, 5) is 36.9. The summed E-state index contributed by atoms with van der Waals surface area (Å²) in [6.45, 7) is 2.26. The van der Waals surface area contributed by atoms with Crippen LogP contribution in [0.1, 0.15) is 35.7 Å². The van der Waals surface area contributed by atoms with Crippen molar-refractivity contribution in [1.82, 2.24) is 10.2 Å². The molecule has 0 spiro atoms. The second-order valence-electron chi connectivity index (χ2n) is 5.99. The molecule has 1 aromatic carbocycles. The summed E-state index contributed by atoms with van der Waals surface area (Å²) in [5.74, 6) is -0.546. The minimum atomic E-state index is -0.996. The zero-order valence-electron chi connectivity index (χ0n) is 12.7. The van der Waals surface area contributed by atoms with Gasteiger partial charge < -0.3 is 15.3 Å². The lowest BCUT2D eigenvalue weighted by Crippen LogP contribution is -2.49. The molecule has 2 atom stereocenters. The van der Waals surface area contributed by atoms with E-state index in [0.29, 0.717) is 12.2 Å². The number of nitrogens with zero attached hydrogens (tertiary/aromatic N) is 1. The van der Waals surface area contributed by atoms with Gasteiger partial charge >= 0.3 is 5.97 Å². The smallest absolute Gasteiger partial charge is 0.335 e. The molecule has 2 amide bonds. The highest BCUT2D eigenvalue weighted by molar-refractivity contribution is 8.01. The van der Waals surface area contributed by atoms with Crippen LogP contribution in [0.25, 0.3) is 0 Å². The van der Waals surface area contributed by atoms with Gasteiger partial charge in [0.1, 0.15) is 6.04 Å². The molecule has 0 bridgehead atoms. The van der Waals surface area contributed by atoms with E-state index >= 15 is 0 Å². The lowest BCUT2D eigenvalue weighted by molar-refractivity contribution is -0.138. The Kier molecular flexibility index (Phi) is 4.06. The van der Waals surface area contributed by atoms with Crippen LogP contribution in [0.5, 0.6) is 0 Å². The molecule has 0 radical (unpaired) electrons. The molecular formula is C16H18N2O4S. The number of carbonyl (C=O) groups is 3. The Hall–Kier alpha value is -2.02. The van der Waals surface area contributed by atoms with Gasteiger partial charge in [0, 0.05) is 18.7 Å². The summed E-state index contributed by atoms with van der Waals surface area (Å²) < 4.78 is 0. The van der Waals surface area contributed by atoms with Gasteiger partial charge in [0.15, 0.2) is 0 Å². The Morgan fingerprint density at radius 3 is 3.00 bits per heavy atom. The second-order valence-corrected chi connectivity index (χ2v) is 7.49. The van der Waals surface area contributed by atoms with E-state index in [4.69, 9.17) is 5.11 Å². The van der Waals surface area contributed by atoms with E-state index in [-0.39, 0.29) is 28.8 Å². The maximum atomic E-state index is 12.4. The predicted molar refractivity (Wildman–Crippen MR) is 86.0 cm³/mol. The first kappa shape index (κ1) is 15.9. The van der Waals surface area contributed by atoms with Crippen LogP contribution in [-0.4, -0.2) is 44.5 Å². The lowest BCUT2D eigenvalue weighted by Gasteiger charge is -2.29. The van der Waals surface area contributed by atoms with Crippen LogP contribution in [0.3, 0.4) is 0 Å². The third-order valence-corrected chi connectivity index (χ3v) is 5.89. The van der Waals surface area contributed by atoms with Crippen LogP contribution >= 0.6 is 11.8 Å². The molecular weight excluding hydrogens is 316 g/mol. The Bertz CT molecular complexity index is 678. The maximum absolute atomic E-state index is 12.4. The molecule has 122 valence electrons. The summed E-state index contributed by atoms with van der Waals surface area (Å²) in [6.07, 6.45) is 1.27. The average Bonchev–Trinajstić information content (AvgIpc) is 3.02. The standard InChI is InChI=1S/C16H18N2O4S/c1-16-6-5-13(19)18(16)12(9-23-16)14(20)17-8-10-3-2-4-11(7-10)15(21)22/h2-4,7,12H,5-6,8-9H2,1H3,(H,17,20)(H,21,22)/t12-,16-/m1/s1. The molecule has 0 aromatic heterocycles. The summed E-state index contributed by atoms with van der Waals surface area (Å²) in [7, 11) is 0. The molecule has 2 aliphatic rings. The fraction of sp³-hybridized carbons (Fsp3) is 0.438. The maximum Gasteiger partial charge on any atom is 0.335 e. The van der Waals surface area contributed by atoms with Gasteiger partial charge in [-0.05, 0) is 31.0 Å². The number of thioether (sulfide) groups is 1. The van der Waals surface area contributed by atoms with Gasteiger partial charge in [-0.1, -0.05) is 12.1 Å². The number of fused-ring (bicyclic) bond motifs is 1. The second kappa shape index (κ2) is 5.88. The van der Waals surface area contributed by atoms with E-state index in [1.54, 1.807) is 28.8 Å². The van der Waals surface area contributed by atoms with Gasteiger partial charge in [0.25, 0.3) is 0 Å². The normalized spacial score (nSPS) is 26.2. The Balaban J connectivity index is 1.65. The number of aromatic carboxylic acids is 1. The van der Waals surface area contributed by atoms with E-state index < -0.39 is 12.0 Å². The van der Waals surface area contributed by atoms with E-state index in [1.165, 1.54) is 12.1 Å². The van der Waals surface area contributed by atoms with Gasteiger partial charge in [-0.3, -0.25) is 9.59 Å². The molecule has 3 rings (SSSR count). The zero-order valence-corrected chi connectivity index (χ0v) is 13.6. The molecule has 0 unspecified atom stereocenters. The van der Waals surface area contributed by atoms with Crippen molar-refractivity contribution in [3.05, 3.63) is 35.4 Å². The number of benzene rings is 1. The molecule has 2 fully saturated rings. The van der Waals surface area contributed by atoms with Crippen molar-refractivity contribution in [3.8, 4) is 0 Å². The average molecular weight is 334 g/mol.